The van der Waals surface area contributed by atoms with E-state index in [4.69, 9.17) is 10.5 Å². The molecule has 1 aromatic carbocycles. The molecule has 0 aliphatic carbocycles. The summed E-state index contributed by atoms with van der Waals surface area (Å²) < 4.78 is 18.4. The predicted molar refractivity (Wildman–Crippen MR) is 64.5 cm³/mol. The normalized spacial score (nSPS) is 9.94. The summed E-state index contributed by atoms with van der Waals surface area (Å²) in [4.78, 5) is 22.5. The number of rotatable bonds is 4. The zero-order valence-corrected chi connectivity index (χ0v) is 10.2. The van der Waals surface area contributed by atoms with E-state index in [1.807, 2.05) is 0 Å². The number of benzene rings is 1. The Bertz CT molecular complexity index is 475. The highest BCUT2D eigenvalue weighted by Gasteiger charge is 2.16. The van der Waals surface area contributed by atoms with Gasteiger partial charge in [-0.1, -0.05) is 0 Å². The van der Waals surface area contributed by atoms with Gasteiger partial charge in [0.1, 0.15) is 12.4 Å². The van der Waals surface area contributed by atoms with Gasteiger partial charge in [-0.05, 0) is 24.6 Å². The van der Waals surface area contributed by atoms with Crippen LogP contribution >= 0.6 is 0 Å². The summed E-state index contributed by atoms with van der Waals surface area (Å²) in [6.45, 7) is 1.40. The third kappa shape index (κ3) is 3.44. The lowest BCUT2D eigenvalue weighted by Crippen LogP contribution is -2.20. The Kier molecular flexibility index (Phi) is 4.65. The minimum atomic E-state index is -0.827. The van der Waals surface area contributed by atoms with Crippen molar-refractivity contribution in [2.24, 2.45) is 0 Å². The zero-order valence-electron chi connectivity index (χ0n) is 10.2. The summed E-state index contributed by atoms with van der Waals surface area (Å²) in [6, 6.07) is 2.64. The van der Waals surface area contributed by atoms with Crippen LogP contribution in [0.3, 0.4) is 0 Å². The number of amides is 1. The summed E-state index contributed by atoms with van der Waals surface area (Å²) in [5, 5.41) is 2.38. The maximum Gasteiger partial charge on any atom is 0.341 e. The van der Waals surface area contributed by atoms with Crippen molar-refractivity contribution in [2.75, 3.05) is 19.4 Å². The van der Waals surface area contributed by atoms with Crippen LogP contribution in [0.25, 0.3) is 0 Å². The van der Waals surface area contributed by atoms with Crippen molar-refractivity contribution in [1.82, 2.24) is 5.32 Å². The quantitative estimate of drug-likeness (QED) is 0.620. The minimum absolute atomic E-state index is 0.0329. The number of carbonyl (C=O) groups excluding carboxylic acids is 2. The summed E-state index contributed by atoms with van der Waals surface area (Å²) >= 11 is 0. The molecule has 0 spiro atoms. The number of carbonyl (C=O) groups is 2. The first-order chi connectivity index (χ1) is 8.45. The standard InChI is InChI=1S/C12H15FN2O3/c1-7-5-8(14)6-9(11(7)13)12(17)18-4-3-10(16)15-2/h5-6H,3-4,14H2,1-2H3,(H,15,16). The summed E-state index contributed by atoms with van der Waals surface area (Å²) in [5.74, 6) is -1.74. The molecular weight excluding hydrogens is 239 g/mol. The van der Waals surface area contributed by atoms with Crippen LogP contribution in [-0.2, 0) is 9.53 Å². The van der Waals surface area contributed by atoms with Gasteiger partial charge in [0.15, 0.2) is 0 Å². The molecule has 0 radical (unpaired) electrons. The number of anilines is 1. The number of ether oxygens (including phenoxy) is 1. The van der Waals surface area contributed by atoms with Gasteiger partial charge in [-0.3, -0.25) is 4.79 Å². The Balaban J connectivity index is 2.70. The van der Waals surface area contributed by atoms with Crippen LogP contribution in [0.4, 0.5) is 10.1 Å². The van der Waals surface area contributed by atoms with Crippen molar-refractivity contribution in [3.05, 3.63) is 29.1 Å². The van der Waals surface area contributed by atoms with Gasteiger partial charge in [0.2, 0.25) is 5.91 Å². The Morgan fingerprint density at radius 3 is 2.72 bits per heavy atom. The number of hydrogen-bond donors (Lipinski definition) is 2. The van der Waals surface area contributed by atoms with Gasteiger partial charge >= 0.3 is 5.97 Å². The third-order valence-corrected chi connectivity index (χ3v) is 2.34. The van der Waals surface area contributed by atoms with E-state index in [1.165, 1.54) is 26.1 Å². The maximum absolute atomic E-state index is 13.6. The molecule has 0 saturated heterocycles. The van der Waals surface area contributed by atoms with Crippen molar-refractivity contribution in [1.29, 1.82) is 0 Å². The van der Waals surface area contributed by atoms with E-state index in [2.05, 4.69) is 5.32 Å². The lowest BCUT2D eigenvalue weighted by Gasteiger charge is -2.07. The average Bonchev–Trinajstić information content (AvgIpc) is 2.33. The summed E-state index contributed by atoms with van der Waals surface area (Å²) in [6.07, 6.45) is 0.0329. The molecule has 3 N–H and O–H groups in total. The van der Waals surface area contributed by atoms with Crippen molar-refractivity contribution >= 4 is 17.6 Å². The van der Waals surface area contributed by atoms with Crippen LogP contribution in [0.5, 0.6) is 0 Å². The SMILES string of the molecule is CNC(=O)CCOC(=O)c1cc(N)cc(C)c1F. The van der Waals surface area contributed by atoms with Gasteiger partial charge in [0, 0.05) is 12.7 Å². The Morgan fingerprint density at radius 1 is 1.44 bits per heavy atom. The van der Waals surface area contributed by atoms with Gasteiger partial charge in [-0.15, -0.1) is 0 Å². The third-order valence-electron chi connectivity index (χ3n) is 2.34. The summed E-state index contributed by atoms with van der Waals surface area (Å²) in [5.41, 5.74) is 5.86. The second-order valence-corrected chi connectivity index (χ2v) is 3.76. The topological polar surface area (TPSA) is 81.4 Å². The van der Waals surface area contributed by atoms with E-state index in [1.54, 1.807) is 0 Å². The molecule has 1 rings (SSSR count). The van der Waals surface area contributed by atoms with E-state index in [-0.39, 0.29) is 35.7 Å². The molecular formula is C12H15FN2O3. The van der Waals surface area contributed by atoms with Crippen molar-refractivity contribution in [2.45, 2.75) is 13.3 Å². The molecule has 1 aromatic rings. The Labute approximate surface area is 104 Å². The molecule has 0 aromatic heterocycles. The second-order valence-electron chi connectivity index (χ2n) is 3.76. The van der Waals surface area contributed by atoms with E-state index in [0.29, 0.717) is 0 Å². The second kappa shape index (κ2) is 6.00. The maximum atomic E-state index is 13.6. The highest BCUT2D eigenvalue weighted by molar-refractivity contribution is 5.91. The molecule has 1 amide bonds. The molecule has 0 bridgehead atoms. The molecule has 0 atom stereocenters. The highest BCUT2D eigenvalue weighted by Crippen LogP contribution is 2.17. The van der Waals surface area contributed by atoms with E-state index < -0.39 is 11.8 Å². The molecule has 0 heterocycles. The van der Waals surface area contributed by atoms with Crippen molar-refractivity contribution in [3.8, 4) is 0 Å². The average molecular weight is 254 g/mol. The van der Waals surface area contributed by atoms with E-state index in [0.717, 1.165) is 0 Å². The van der Waals surface area contributed by atoms with Gasteiger partial charge in [-0.25, -0.2) is 9.18 Å². The molecule has 0 aliphatic heterocycles. The van der Waals surface area contributed by atoms with Crippen LogP contribution in [0, 0.1) is 12.7 Å². The van der Waals surface area contributed by atoms with Crippen molar-refractivity contribution in [3.63, 3.8) is 0 Å². The molecule has 0 fully saturated rings. The first kappa shape index (κ1) is 14.0. The number of nitrogen functional groups attached to an aromatic ring is 1. The number of nitrogens with two attached hydrogens (primary N) is 1. The first-order valence-corrected chi connectivity index (χ1v) is 5.39. The van der Waals surface area contributed by atoms with E-state index in [9.17, 15) is 14.0 Å². The van der Waals surface area contributed by atoms with Gasteiger partial charge in [0.25, 0.3) is 0 Å². The van der Waals surface area contributed by atoms with Crippen LogP contribution in [0.1, 0.15) is 22.3 Å². The number of nitrogens with one attached hydrogen (secondary N) is 1. The number of halogens is 1. The highest BCUT2D eigenvalue weighted by atomic mass is 19.1. The van der Waals surface area contributed by atoms with Crippen LogP contribution in [0.2, 0.25) is 0 Å². The minimum Gasteiger partial charge on any atom is -0.461 e. The fraction of sp³-hybridized carbons (Fsp3) is 0.333. The molecule has 98 valence electrons. The first-order valence-electron chi connectivity index (χ1n) is 5.39. The van der Waals surface area contributed by atoms with Gasteiger partial charge < -0.3 is 15.8 Å². The lowest BCUT2D eigenvalue weighted by atomic mass is 10.1. The predicted octanol–water partition coefficient (Wildman–Crippen LogP) is 1.01. The zero-order chi connectivity index (χ0) is 13.7. The van der Waals surface area contributed by atoms with Gasteiger partial charge in [-0.2, -0.15) is 0 Å². The fourth-order valence-corrected chi connectivity index (χ4v) is 1.39. The van der Waals surface area contributed by atoms with Gasteiger partial charge in [0.05, 0.1) is 12.0 Å². The van der Waals surface area contributed by atoms with Crippen molar-refractivity contribution < 1.29 is 18.7 Å². The Morgan fingerprint density at radius 2 is 2.11 bits per heavy atom. The Hall–Kier alpha value is -2.11. The molecule has 0 aliphatic rings. The number of hydrogen-bond acceptors (Lipinski definition) is 4. The monoisotopic (exact) mass is 254 g/mol. The molecule has 0 saturated carbocycles. The summed E-state index contributed by atoms with van der Waals surface area (Å²) in [7, 11) is 1.48. The fourth-order valence-electron chi connectivity index (χ4n) is 1.39. The molecule has 0 unspecified atom stereocenters. The smallest absolute Gasteiger partial charge is 0.341 e. The molecule has 5 nitrogen and oxygen atoms in total. The van der Waals surface area contributed by atoms with E-state index >= 15 is 0 Å². The molecule has 18 heavy (non-hydrogen) atoms. The molecule has 6 heteroatoms. The largest absolute Gasteiger partial charge is 0.461 e. The lowest BCUT2D eigenvalue weighted by molar-refractivity contribution is -0.121. The van der Waals surface area contributed by atoms with Crippen LogP contribution in [0.15, 0.2) is 12.1 Å². The number of aryl methyl sites for hydroxylation is 1. The van der Waals surface area contributed by atoms with Crippen LogP contribution < -0.4 is 11.1 Å². The van der Waals surface area contributed by atoms with Crippen LogP contribution in [-0.4, -0.2) is 25.5 Å². The number of esters is 1.